The Morgan fingerprint density at radius 2 is 1.78 bits per heavy atom. The second-order valence-corrected chi connectivity index (χ2v) is 8.99. The summed E-state index contributed by atoms with van der Waals surface area (Å²) < 4.78 is 79.0. The predicted molar refractivity (Wildman–Crippen MR) is 130 cm³/mol. The van der Waals surface area contributed by atoms with Gasteiger partial charge in [0.15, 0.2) is 17.8 Å². The number of alkyl halides is 6. The fourth-order valence-electron chi connectivity index (χ4n) is 3.59. The molecule has 1 aromatic carbocycles. The van der Waals surface area contributed by atoms with Crippen LogP contribution in [0.5, 0.6) is 0 Å². The molecule has 41 heavy (non-hydrogen) atoms. The molecule has 2 N–H and O–H groups in total. The molecule has 3 heterocycles. The van der Waals surface area contributed by atoms with Gasteiger partial charge in [-0.05, 0) is 30.3 Å². The first-order chi connectivity index (χ1) is 19.2. The Balaban J connectivity index is 1.62. The highest BCUT2D eigenvalue weighted by molar-refractivity contribution is 6.30. The van der Waals surface area contributed by atoms with E-state index in [1.165, 1.54) is 42.7 Å². The standard InChI is InChI=1S/C23H19ClF6N8O3/c24-14-3-1-13(2-4-14)19-35-37(21(41)36(19)10-17(39)23(28,29)30)11-18-33-12-38(34-18)16-9-31-7-5-15(16)20(40)32-8-6-22(25,26)27/h1-5,7,9,12,17,39H,6,8,10-11H2,(H,32,40). The monoisotopic (exact) mass is 604 g/mol. The first-order valence-corrected chi connectivity index (χ1v) is 12.0. The van der Waals surface area contributed by atoms with Crippen LogP contribution in [-0.2, 0) is 13.1 Å². The summed E-state index contributed by atoms with van der Waals surface area (Å²) in [6.45, 7) is -2.21. The Bertz CT molecular complexity index is 1580. The number of pyridine rings is 1. The van der Waals surface area contributed by atoms with Gasteiger partial charge in [-0.1, -0.05) is 11.6 Å². The van der Waals surface area contributed by atoms with E-state index in [0.717, 1.165) is 15.7 Å². The fraction of sp³-hybridized carbons (Fsp3) is 0.304. The zero-order chi connectivity index (χ0) is 29.9. The molecule has 1 atom stereocenters. The van der Waals surface area contributed by atoms with E-state index in [1.54, 1.807) is 0 Å². The molecule has 0 aliphatic rings. The van der Waals surface area contributed by atoms with Crippen molar-refractivity contribution in [2.24, 2.45) is 0 Å². The number of aromatic nitrogens is 7. The van der Waals surface area contributed by atoms with Gasteiger partial charge in [0.2, 0.25) is 0 Å². The molecule has 218 valence electrons. The van der Waals surface area contributed by atoms with Gasteiger partial charge in [0.05, 0.1) is 30.4 Å². The van der Waals surface area contributed by atoms with Crippen LogP contribution < -0.4 is 11.0 Å². The van der Waals surface area contributed by atoms with Gasteiger partial charge >= 0.3 is 18.0 Å². The molecule has 0 bridgehead atoms. The second kappa shape index (κ2) is 11.7. The van der Waals surface area contributed by atoms with Gasteiger partial charge in [0.25, 0.3) is 5.91 Å². The third-order valence-electron chi connectivity index (χ3n) is 5.57. The van der Waals surface area contributed by atoms with Crippen molar-refractivity contribution in [3.05, 3.63) is 75.9 Å². The van der Waals surface area contributed by atoms with Crippen molar-refractivity contribution < 1.29 is 36.2 Å². The van der Waals surface area contributed by atoms with Crippen LogP contribution in [0.2, 0.25) is 5.02 Å². The highest BCUT2D eigenvalue weighted by atomic mass is 35.5. The molecule has 0 saturated carbocycles. The molecule has 0 radical (unpaired) electrons. The van der Waals surface area contributed by atoms with Crippen LogP contribution in [0.3, 0.4) is 0 Å². The fourth-order valence-corrected chi connectivity index (χ4v) is 3.72. The van der Waals surface area contributed by atoms with Gasteiger partial charge in [-0.25, -0.2) is 19.1 Å². The van der Waals surface area contributed by atoms with Gasteiger partial charge in [-0.3, -0.25) is 14.3 Å². The zero-order valence-electron chi connectivity index (χ0n) is 20.6. The first-order valence-electron chi connectivity index (χ1n) is 11.6. The Kier molecular flexibility index (Phi) is 8.48. The molecular weight excluding hydrogens is 586 g/mol. The van der Waals surface area contributed by atoms with Crippen molar-refractivity contribution in [1.82, 2.24) is 39.4 Å². The van der Waals surface area contributed by atoms with Gasteiger partial charge in [-0.2, -0.15) is 26.3 Å². The minimum Gasteiger partial charge on any atom is -0.382 e. The topological polar surface area (TPSA) is 133 Å². The molecule has 1 unspecified atom stereocenters. The summed E-state index contributed by atoms with van der Waals surface area (Å²) in [5.41, 5.74) is -0.759. The molecule has 0 aliphatic heterocycles. The lowest BCUT2D eigenvalue weighted by Gasteiger charge is -2.15. The first kappa shape index (κ1) is 29.7. The van der Waals surface area contributed by atoms with Gasteiger partial charge in [0, 0.05) is 23.3 Å². The number of rotatable bonds is 9. The number of carbonyl (C=O) groups excluding carboxylic acids is 1. The molecule has 4 aromatic rings. The normalized spacial score (nSPS) is 12.9. The van der Waals surface area contributed by atoms with Crippen LogP contribution in [0.1, 0.15) is 22.6 Å². The number of amides is 1. The molecule has 1 amide bonds. The molecule has 3 aromatic heterocycles. The number of aliphatic hydroxyl groups is 1. The number of aliphatic hydroxyl groups excluding tert-OH is 1. The number of nitrogens with one attached hydrogen (secondary N) is 1. The number of hydrogen-bond acceptors (Lipinski definition) is 7. The summed E-state index contributed by atoms with van der Waals surface area (Å²) in [5, 5.41) is 20.4. The van der Waals surface area contributed by atoms with Crippen LogP contribution in [-0.4, -0.2) is 70.1 Å². The Hall–Kier alpha value is -4.25. The second-order valence-electron chi connectivity index (χ2n) is 8.56. The third kappa shape index (κ3) is 7.29. The van der Waals surface area contributed by atoms with E-state index in [4.69, 9.17) is 11.6 Å². The number of carbonyl (C=O) groups is 1. The van der Waals surface area contributed by atoms with E-state index in [1.807, 2.05) is 0 Å². The minimum absolute atomic E-state index is 0.0527. The maximum absolute atomic E-state index is 13.1. The Labute approximate surface area is 231 Å². The van der Waals surface area contributed by atoms with Gasteiger partial charge < -0.3 is 10.4 Å². The number of benzene rings is 1. The van der Waals surface area contributed by atoms with Crippen LogP contribution >= 0.6 is 11.6 Å². The minimum atomic E-state index is -5.00. The van der Waals surface area contributed by atoms with Gasteiger partial charge in [-0.15, -0.1) is 10.2 Å². The average molecular weight is 605 g/mol. The van der Waals surface area contributed by atoms with Crippen LogP contribution in [0.25, 0.3) is 17.1 Å². The lowest BCUT2D eigenvalue weighted by Crippen LogP contribution is -2.37. The maximum atomic E-state index is 13.1. The lowest BCUT2D eigenvalue weighted by molar-refractivity contribution is -0.207. The van der Waals surface area contributed by atoms with Crippen molar-refractivity contribution in [1.29, 1.82) is 0 Å². The van der Waals surface area contributed by atoms with Crippen molar-refractivity contribution in [3.8, 4) is 17.1 Å². The molecule has 0 spiro atoms. The van der Waals surface area contributed by atoms with E-state index < -0.39 is 56.1 Å². The molecule has 4 rings (SSSR count). The smallest absolute Gasteiger partial charge is 0.382 e. The van der Waals surface area contributed by atoms with E-state index in [0.29, 0.717) is 9.59 Å². The zero-order valence-corrected chi connectivity index (χ0v) is 21.3. The maximum Gasteiger partial charge on any atom is 0.416 e. The third-order valence-corrected chi connectivity index (χ3v) is 5.83. The highest BCUT2D eigenvalue weighted by Gasteiger charge is 2.39. The lowest BCUT2D eigenvalue weighted by atomic mass is 10.2. The van der Waals surface area contributed by atoms with Crippen molar-refractivity contribution >= 4 is 17.5 Å². The summed E-state index contributed by atoms with van der Waals surface area (Å²) in [7, 11) is 0. The van der Waals surface area contributed by atoms with Gasteiger partial charge in [0.1, 0.15) is 12.9 Å². The van der Waals surface area contributed by atoms with Crippen molar-refractivity contribution in [3.63, 3.8) is 0 Å². The largest absolute Gasteiger partial charge is 0.416 e. The van der Waals surface area contributed by atoms with E-state index in [9.17, 15) is 41.0 Å². The molecule has 0 aliphatic carbocycles. The highest BCUT2D eigenvalue weighted by Crippen LogP contribution is 2.24. The van der Waals surface area contributed by atoms with Crippen LogP contribution in [0.15, 0.2) is 53.8 Å². The van der Waals surface area contributed by atoms with Crippen LogP contribution in [0, 0.1) is 0 Å². The molecule has 18 heteroatoms. The summed E-state index contributed by atoms with van der Waals surface area (Å²) in [6, 6.07) is 7.01. The average Bonchev–Trinajstić information content (AvgIpc) is 3.48. The molecule has 0 saturated heterocycles. The molecular formula is C23H19ClF6N8O3. The number of hydrogen-bond donors (Lipinski definition) is 2. The van der Waals surface area contributed by atoms with E-state index in [2.05, 4.69) is 25.5 Å². The molecule has 11 nitrogen and oxygen atoms in total. The summed E-state index contributed by atoms with van der Waals surface area (Å²) in [6.07, 6.45) is -9.93. The van der Waals surface area contributed by atoms with Crippen LogP contribution in [0.4, 0.5) is 26.3 Å². The predicted octanol–water partition coefficient (Wildman–Crippen LogP) is 2.99. The summed E-state index contributed by atoms with van der Waals surface area (Å²) in [5.74, 6) is -1.06. The Morgan fingerprint density at radius 3 is 2.44 bits per heavy atom. The number of nitrogens with zero attached hydrogens (tertiary/aromatic N) is 7. The van der Waals surface area contributed by atoms with Crippen molar-refractivity contribution in [2.45, 2.75) is 38.0 Å². The summed E-state index contributed by atoms with van der Waals surface area (Å²) >= 11 is 5.88. The van der Waals surface area contributed by atoms with Crippen molar-refractivity contribution in [2.75, 3.05) is 6.54 Å². The number of halogens is 7. The molecule has 0 fully saturated rings. The van der Waals surface area contributed by atoms with E-state index in [-0.39, 0.29) is 28.5 Å². The SMILES string of the molecule is O=C(NCCC(F)(F)F)c1ccncc1-n1cnc(Cn2nc(-c3ccc(Cl)cc3)n(CC(O)C(F)(F)F)c2=O)n1. The van der Waals surface area contributed by atoms with E-state index >= 15 is 0 Å². The summed E-state index contributed by atoms with van der Waals surface area (Å²) in [4.78, 5) is 33.5. The quantitative estimate of drug-likeness (QED) is 0.281. The Morgan fingerprint density at radius 1 is 1.07 bits per heavy atom.